The van der Waals surface area contributed by atoms with Crippen molar-refractivity contribution in [2.45, 2.75) is 45.6 Å². The van der Waals surface area contributed by atoms with Crippen molar-refractivity contribution in [2.24, 2.45) is 4.99 Å². The Morgan fingerprint density at radius 2 is 2.04 bits per heavy atom. The molecular weight excluding hydrogens is 370 g/mol. The van der Waals surface area contributed by atoms with E-state index >= 15 is 0 Å². The minimum Gasteiger partial charge on any atom is -0.337 e. The fourth-order valence-electron chi connectivity index (χ4n) is 3.46. The van der Waals surface area contributed by atoms with Gasteiger partial charge in [0.2, 0.25) is 11.8 Å². The average molecular weight is 398 g/mol. The summed E-state index contributed by atoms with van der Waals surface area (Å²) in [6.07, 6.45) is 5.25. The molecule has 0 unspecified atom stereocenters. The molecule has 2 aromatic rings. The number of hydrogen-bond donors (Lipinski definition) is 1. The van der Waals surface area contributed by atoms with Crippen LogP contribution in [0.5, 0.6) is 0 Å². The second-order valence-electron chi connectivity index (χ2n) is 6.98. The van der Waals surface area contributed by atoms with Crippen molar-refractivity contribution in [2.75, 3.05) is 18.9 Å². The van der Waals surface area contributed by atoms with Crippen molar-refractivity contribution in [3.8, 4) is 0 Å². The van der Waals surface area contributed by atoms with Crippen molar-refractivity contribution in [1.29, 1.82) is 0 Å². The van der Waals surface area contributed by atoms with Gasteiger partial charge in [-0.25, -0.2) is 0 Å². The zero-order chi connectivity index (χ0) is 19.9. The Balaban J connectivity index is 1.71. The summed E-state index contributed by atoms with van der Waals surface area (Å²) < 4.78 is 0. The molecule has 1 aliphatic rings. The standard InChI is InChI=1S/C22H27N3O2S/c1-3-7-21(27)25-13-12-17-18(14-23-2)22(28-19(17)15-25)24-20(26)11-10-16-8-5-4-6-9-16/h4-6,8-9,14H,3,7,10-13,15H2,1-2H3,(H,24,26). The topological polar surface area (TPSA) is 61.8 Å². The molecule has 2 amide bonds. The van der Waals surface area contributed by atoms with Gasteiger partial charge < -0.3 is 10.2 Å². The number of fused-ring (bicyclic) bond motifs is 1. The van der Waals surface area contributed by atoms with Gasteiger partial charge in [0.1, 0.15) is 5.00 Å². The van der Waals surface area contributed by atoms with Crippen LogP contribution in [0, 0.1) is 0 Å². The molecule has 28 heavy (non-hydrogen) atoms. The number of carbonyl (C=O) groups is 2. The van der Waals surface area contributed by atoms with E-state index in [0.717, 1.165) is 40.4 Å². The molecule has 0 fully saturated rings. The van der Waals surface area contributed by atoms with Crippen LogP contribution in [-0.4, -0.2) is 36.5 Å². The van der Waals surface area contributed by atoms with E-state index in [1.54, 1.807) is 18.4 Å². The predicted octanol–water partition coefficient (Wildman–Crippen LogP) is 4.05. The molecule has 1 aliphatic heterocycles. The highest BCUT2D eigenvalue weighted by atomic mass is 32.1. The van der Waals surface area contributed by atoms with Crippen LogP contribution >= 0.6 is 11.3 Å². The first-order chi connectivity index (χ1) is 13.6. The van der Waals surface area contributed by atoms with Gasteiger partial charge in [-0.15, -0.1) is 11.3 Å². The predicted molar refractivity (Wildman–Crippen MR) is 115 cm³/mol. The van der Waals surface area contributed by atoms with Crippen LogP contribution in [0.2, 0.25) is 0 Å². The Morgan fingerprint density at radius 3 is 2.75 bits per heavy atom. The van der Waals surface area contributed by atoms with Crippen LogP contribution < -0.4 is 5.32 Å². The van der Waals surface area contributed by atoms with Crippen molar-refractivity contribution in [3.63, 3.8) is 0 Å². The average Bonchev–Trinajstić information content (AvgIpc) is 3.04. The van der Waals surface area contributed by atoms with E-state index in [2.05, 4.69) is 10.3 Å². The van der Waals surface area contributed by atoms with Gasteiger partial charge in [0.05, 0.1) is 6.54 Å². The minimum absolute atomic E-state index is 0.00659. The lowest BCUT2D eigenvalue weighted by molar-refractivity contribution is -0.132. The monoisotopic (exact) mass is 397 g/mol. The number of benzene rings is 1. The molecule has 0 saturated heterocycles. The minimum atomic E-state index is 0.00659. The maximum Gasteiger partial charge on any atom is 0.225 e. The molecule has 5 nitrogen and oxygen atoms in total. The first-order valence-electron chi connectivity index (χ1n) is 9.80. The zero-order valence-corrected chi connectivity index (χ0v) is 17.3. The van der Waals surface area contributed by atoms with Gasteiger partial charge in [-0.2, -0.15) is 0 Å². The summed E-state index contributed by atoms with van der Waals surface area (Å²) >= 11 is 1.57. The fourth-order valence-corrected chi connectivity index (χ4v) is 4.72. The van der Waals surface area contributed by atoms with Gasteiger partial charge in [0.15, 0.2) is 0 Å². The van der Waals surface area contributed by atoms with Crippen LogP contribution in [0.25, 0.3) is 0 Å². The van der Waals surface area contributed by atoms with Crippen LogP contribution in [0.3, 0.4) is 0 Å². The summed E-state index contributed by atoms with van der Waals surface area (Å²) in [6.45, 7) is 3.38. The summed E-state index contributed by atoms with van der Waals surface area (Å²) in [5.74, 6) is 0.216. The van der Waals surface area contributed by atoms with Gasteiger partial charge in [0, 0.05) is 43.1 Å². The smallest absolute Gasteiger partial charge is 0.225 e. The quantitative estimate of drug-likeness (QED) is 0.717. The second-order valence-corrected chi connectivity index (χ2v) is 8.09. The van der Waals surface area contributed by atoms with E-state index in [9.17, 15) is 9.59 Å². The molecule has 1 aromatic carbocycles. The van der Waals surface area contributed by atoms with Crippen LogP contribution in [0.15, 0.2) is 35.3 Å². The second kappa shape index (κ2) is 9.64. The zero-order valence-electron chi connectivity index (χ0n) is 16.5. The van der Waals surface area contributed by atoms with E-state index in [1.165, 1.54) is 5.56 Å². The summed E-state index contributed by atoms with van der Waals surface area (Å²) in [7, 11) is 1.74. The molecule has 0 atom stereocenters. The molecule has 6 heteroatoms. The molecule has 0 spiro atoms. The van der Waals surface area contributed by atoms with Crippen molar-refractivity contribution < 1.29 is 9.59 Å². The summed E-state index contributed by atoms with van der Waals surface area (Å²) in [4.78, 5) is 32.0. The number of amides is 2. The fraction of sp³-hybridized carbons (Fsp3) is 0.409. The van der Waals surface area contributed by atoms with E-state index in [4.69, 9.17) is 0 Å². The third-order valence-electron chi connectivity index (χ3n) is 4.91. The van der Waals surface area contributed by atoms with E-state index in [0.29, 0.717) is 25.8 Å². The number of hydrogen-bond acceptors (Lipinski definition) is 4. The summed E-state index contributed by atoms with van der Waals surface area (Å²) in [5, 5.41) is 3.92. The van der Waals surface area contributed by atoms with Gasteiger partial charge in [-0.05, 0) is 30.4 Å². The van der Waals surface area contributed by atoms with Crippen molar-refractivity contribution in [3.05, 3.63) is 51.9 Å². The van der Waals surface area contributed by atoms with Gasteiger partial charge in [-0.1, -0.05) is 37.3 Å². The first kappa shape index (κ1) is 20.3. The lowest BCUT2D eigenvalue weighted by Gasteiger charge is -2.27. The van der Waals surface area contributed by atoms with E-state index in [-0.39, 0.29) is 11.8 Å². The molecule has 148 valence electrons. The summed E-state index contributed by atoms with van der Waals surface area (Å²) in [6, 6.07) is 10.0. The van der Waals surface area contributed by atoms with Crippen molar-refractivity contribution in [1.82, 2.24) is 4.90 Å². The third-order valence-corrected chi connectivity index (χ3v) is 6.06. The number of nitrogens with zero attached hydrogens (tertiary/aromatic N) is 2. The number of thiophene rings is 1. The Bertz CT molecular complexity index is 858. The Morgan fingerprint density at radius 1 is 1.25 bits per heavy atom. The largest absolute Gasteiger partial charge is 0.337 e. The number of anilines is 1. The number of rotatable bonds is 7. The molecular formula is C22H27N3O2S. The van der Waals surface area contributed by atoms with Gasteiger partial charge in [-0.3, -0.25) is 14.6 Å². The third kappa shape index (κ3) is 4.87. The lowest BCUT2D eigenvalue weighted by atomic mass is 10.0. The number of aryl methyl sites for hydroxylation is 1. The SMILES string of the molecule is CCCC(=O)N1CCc2c(sc(NC(=O)CCc3ccccc3)c2C=NC)C1. The number of nitrogens with one attached hydrogen (secondary N) is 1. The Labute approximate surface area is 170 Å². The number of carbonyl (C=O) groups excluding carboxylic acids is 2. The lowest BCUT2D eigenvalue weighted by Crippen LogP contribution is -2.35. The highest BCUT2D eigenvalue weighted by molar-refractivity contribution is 7.16. The maximum absolute atomic E-state index is 12.5. The summed E-state index contributed by atoms with van der Waals surface area (Å²) in [5.41, 5.74) is 3.37. The van der Waals surface area contributed by atoms with Crippen LogP contribution in [-0.2, 0) is 29.0 Å². The first-order valence-corrected chi connectivity index (χ1v) is 10.6. The molecule has 0 radical (unpaired) electrons. The maximum atomic E-state index is 12.5. The van der Waals surface area contributed by atoms with Crippen LogP contribution in [0.1, 0.15) is 47.8 Å². The molecule has 0 bridgehead atoms. The molecule has 2 heterocycles. The number of aliphatic imine (C=N–C) groups is 1. The molecule has 0 saturated carbocycles. The van der Waals surface area contributed by atoms with Crippen LogP contribution in [0.4, 0.5) is 5.00 Å². The molecule has 1 N–H and O–H groups in total. The van der Waals surface area contributed by atoms with Crippen molar-refractivity contribution >= 4 is 34.4 Å². The van der Waals surface area contributed by atoms with Gasteiger partial charge >= 0.3 is 0 Å². The molecule has 0 aliphatic carbocycles. The normalized spacial score (nSPS) is 13.6. The Kier molecular flexibility index (Phi) is 6.98. The van der Waals surface area contributed by atoms with E-state index in [1.807, 2.05) is 48.4 Å². The molecule has 1 aromatic heterocycles. The Hall–Kier alpha value is -2.47. The highest BCUT2D eigenvalue weighted by Gasteiger charge is 2.26. The van der Waals surface area contributed by atoms with Gasteiger partial charge in [0.25, 0.3) is 0 Å². The van der Waals surface area contributed by atoms with E-state index < -0.39 is 0 Å². The molecule has 3 rings (SSSR count). The highest BCUT2D eigenvalue weighted by Crippen LogP contribution is 2.36.